The number of hydrogen-bond acceptors (Lipinski definition) is 2. The fourth-order valence-corrected chi connectivity index (χ4v) is 2.12. The number of amides is 1. The molecule has 0 aliphatic rings. The average Bonchev–Trinajstić information content (AvgIpc) is 2.25. The SMILES string of the molecule is CC(C)C(C(N)=O)C(CO)c1ccccc1. The Balaban J connectivity index is 3.00. The molecule has 1 aromatic rings. The smallest absolute Gasteiger partial charge is 0.221 e. The number of nitrogens with two attached hydrogens (primary N) is 1. The summed E-state index contributed by atoms with van der Waals surface area (Å²) in [6, 6.07) is 9.54. The summed E-state index contributed by atoms with van der Waals surface area (Å²) in [5.74, 6) is -0.765. The van der Waals surface area contributed by atoms with E-state index in [1.54, 1.807) is 0 Å². The number of carbonyl (C=O) groups is 1. The fraction of sp³-hybridized carbons (Fsp3) is 0.462. The molecule has 0 aromatic heterocycles. The molecule has 1 rings (SSSR count). The number of hydrogen-bond donors (Lipinski definition) is 2. The highest BCUT2D eigenvalue weighted by Gasteiger charge is 2.29. The van der Waals surface area contributed by atoms with E-state index in [2.05, 4.69) is 0 Å². The van der Waals surface area contributed by atoms with Crippen molar-refractivity contribution in [2.45, 2.75) is 19.8 Å². The van der Waals surface area contributed by atoms with Gasteiger partial charge in [0.15, 0.2) is 0 Å². The maximum atomic E-state index is 11.4. The Hall–Kier alpha value is -1.35. The highest BCUT2D eigenvalue weighted by atomic mass is 16.3. The van der Waals surface area contributed by atoms with E-state index in [0.29, 0.717) is 0 Å². The summed E-state index contributed by atoms with van der Waals surface area (Å²) in [6.07, 6.45) is 0. The van der Waals surface area contributed by atoms with E-state index in [9.17, 15) is 9.90 Å². The molecule has 0 saturated heterocycles. The van der Waals surface area contributed by atoms with Crippen LogP contribution < -0.4 is 5.73 Å². The topological polar surface area (TPSA) is 63.3 Å². The van der Waals surface area contributed by atoms with Crippen LogP contribution in [0.3, 0.4) is 0 Å². The molecule has 88 valence electrons. The van der Waals surface area contributed by atoms with Gasteiger partial charge in [-0.3, -0.25) is 4.79 Å². The standard InChI is InChI=1S/C13H19NO2/c1-9(2)12(13(14)16)11(8-15)10-6-4-3-5-7-10/h3-7,9,11-12,15H,8H2,1-2H3,(H2,14,16). The molecule has 0 heterocycles. The first kappa shape index (κ1) is 12.7. The molecule has 0 spiro atoms. The van der Waals surface area contributed by atoms with Crippen molar-refractivity contribution in [1.82, 2.24) is 0 Å². The third kappa shape index (κ3) is 2.83. The zero-order valence-corrected chi connectivity index (χ0v) is 9.76. The van der Waals surface area contributed by atoms with Crippen LogP contribution in [0.2, 0.25) is 0 Å². The van der Waals surface area contributed by atoms with E-state index in [1.165, 1.54) is 0 Å². The highest BCUT2D eigenvalue weighted by Crippen LogP contribution is 2.29. The summed E-state index contributed by atoms with van der Waals surface area (Å²) in [5.41, 5.74) is 6.36. The third-order valence-electron chi connectivity index (χ3n) is 2.90. The first-order valence-electron chi connectivity index (χ1n) is 5.53. The lowest BCUT2D eigenvalue weighted by molar-refractivity contribution is -0.124. The molecule has 3 nitrogen and oxygen atoms in total. The highest BCUT2D eigenvalue weighted by molar-refractivity contribution is 5.78. The van der Waals surface area contributed by atoms with Gasteiger partial charge in [0.25, 0.3) is 0 Å². The van der Waals surface area contributed by atoms with Crippen LogP contribution in [0.15, 0.2) is 30.3 Å². The van der Waals surface area contributed by atoms with Crippen molar-refractivity contribution in [2.75, 3.05) is 6.61 Å². The van der Waals surface area contributed by atoms with Crippen molar-refractivity contribution in [3.05, 3.63) is 35.9 Å². The third-order valence-corrected chi connectivity index (χ3v) is 2.90. The first-order valence-corrected chi connectivity index (χ1v) is 5.53. The van der Waals surface area contributed by atoms with Crippen molar-refractivity contribution >= 4 is 5.91 Å². The zero-order chi connectivity index (χ0) is 12.1. The Morgan fingerprint density at radius 2 is 1.88 bits per heavy atom. The fourth-order valence-electron chi connectivity index (χ4n) is 2.12. The number of benzene rings is 1. The Bertz CT molecular complexity index is 335. The molecule has 0 bridgehead atoms. The number of aliphatic hydroxyl groups is 1. The van der Waals surface area contributed by atoms with Crippen LogP contribution in [-0.2, 0) is 4.79 Å². The van der Waals surface area contributed by atoms with Crippen LogP contribution in [0.1, 0.15) is 25.3 Å². The summed E-state index contributed by atoms with van der Waals surface area (Å²) in [6.45, 7) is 3.83. The second-order valence-corrected chi connectivity index (χ2v) is 4.37. The zero-order valence-electron chi connectivity index (χ0n) is 9.76. The summed E-state index contributed by atoms with van der Waals surface area (Å²) in [7, 11) is 0. The molecule has 3 heteroatoms. The monoisotopic (exact) mass is 221 g/mol. The van der Waals surface area contributed by atoms with Gasteiger partial charge in [0, 0.05) is 11.8 Å². The van der Waals surface area contributed by atoms with Gasteiger partial charge < -0.3 is 10.8 Å². The molecule has 0 radical (unpaired) electrons. The van der Waals surface area contributed by atoms with Crippen LogP contribution in [0.4, 0.5) is 0 Å². The molecule has 0 fully saturated rings. The quantitative estimate of drug-likeness (QED) is 0.791. The Morgan fingerprint density at radius 1 is 1.31 bits per heavy atom. The van der Waals surface area contributed by atoms with Gasteiger partial charge in [0.05, 0.1) is 6.61 Å². The lowest BCUT2D eigenvalue weighted by atomic mass is 9.79. The van der Waals surface area contributed by atoms with Gasteiger partial charge >= 0.3 is 0 Å². The summed E-state index contributed by atoms with van der Waals surface area (Å²) < 4.78 is 0. The second kappa shape index (κ2) is 5.66. The van der Waals surface area contributed by atoms with Gasteiger partial charge in [-0.15, -0.1) is 0 Å². The van der Waals surface area contributed by atoms with Crippen molar-refractivity contribution in [2.24, 2.45) is 17.6 Å². The summed E-state index contributed by atoms with van der Waals surface area (Å²) in [5, 5.41) is 9.44. The molecule has 16 heavy (non-hydrogen) atoms. The average molecular weight is 221 g/mol. The predicted octanol–water partition coefficient (Wildman–Crippen LogP) is 1.52. The minimum atomic E-state index is -0.349. The van der Waals surface area contributed by atoms with Gasteiger partial charge in [-0.05, 0) is 11.5 Å². The number of carbonyl (C=O) groups excluding carboxylic acids is 1. The van der Waals surface area contributed by atoms with Gasteiger partial charge in [-0.2, -0.15) is 0 Å². The summed E-state index contributed by atoms with van der Waals surface area (Å²) >= 11 is 0. The van der Waals surface area contributed by atoms with Crippen LogP contribution in [0.5, 0.6) is 0 Å². The van der Waals surface area contributed by atoms with Gasteiger partial charge in [-0.25, -0.2) is 0 Å². The van der Waals surface area contributed by atoms with Crippen molar-refractivity contribution in [3.63, 3.8) is 0 Å². The number of aliphatic hydroxyl groups excluding tert-OH is 1. The van der Waals surface area contributed by atoms with Gasteiger partial charge in [-0.1, -0.05) is 44.2 Å². The Morgan fingerprint density at radius 3 is 2.25 bits per heavy atom. The molecular formula is C13H19NO2. The van der Waals surface area contributed by atoms with Crippen LogP contribution in [0, 0.1) is 11.8 Å². The molecule has 0 saturated carbocycles. The number of primary amides is 1. The molecule has 2 atom stereocenters. The van der Waals surface area contributed by atoms with Crippen LogP contribution >= 0.6 is 0 Å². The van der Waals surface area contributed by atoms with E-state index in [1.807, 2.05) is 44.2 Å². The van der Waals surface area contributed by atoms with Crippen molar-refractivity contribution in [3.8, 4) is 0 Å². The summed E-state index contributed by atoms with van der Waals surface area (Å²) in [4.78, 5) is 11.4. The molecule has 0 aliphatic heterocycles. The van der Waals surface area contributed by atoms with E-state index in [4.69, 9.17) is 5.73 Å². The molecule has 1 amide bonds. The minimum Gasteiger partial charge on any atom is -0.396 e. The lowest BCUT2D eigenvalue weighted by Crippen LogP contribution is -2.34. The normalized spacial score (nSPS) is 14.8. The predicted molar refractivity (Wildman–Crippen MR) is 63.8 cm³/mol. The Labute approximate surface area is 96.3 Å². The molecular weight excluding hydrogens is 202 g/mol. The van der Waals surface area contributed by atoms with Crippen molar-refractivity contribution < 1.29 is 9.90 Å². The lowest BCUT2D eigenvalue weighted by Gasteiger charge is -2.26. The van der Waals surface area contributed by atoms with Crippen LogP contribution in [0.25, 0.3) is 0 Å². The first-order chi connectivity index (χ1) is 7.57. The van der Waals surface area contributed by atoms with Crippen LogP contribution in [-0.4, -0.2) is 17.6 Å². The van der Waals surface area contributed by atoms with E-state index in [-0.39, 0.29) is 30.3 Å². The molecule has 1 aromatic carbocycles. The maximum absolute atomic E-state index is 11.4. The second-order valence-electron chi connectivity index (χ2n) is 4.37. The molecule has 0 aliphatic carbocycles. The minimum absolute atomic E-state index is 0.0597. The molecule has 3 N–H and O–H groups in total. The largest absolute Gasteiger partial charge is 0.396 e. The van der Waals surface area contributed by atoms with Gasteiger partial charge in [0.1, 0.15) is 0 Å². The Kier molecular flexibility index (Phi) is 4.50. The van der Waals surface area contributed by atoms with E-state index >= 15 is 0 Å². The van der Waals surface area contributed by atoms with Gasteiger partial charge in [0.2, 0.25) is 5.91 Å². The number of rotatable bonds is 5. The van der Waals surface area contributed by atoms with E-state index in [0.717, 1.165) is 5.56 Å². The van der Waals surface area contributed by atoms with E-state index < -0.39 is 0 Å². The van der Waals surface area contributed by atoms with Crippen molar-refractivity contribution in [1.29, 1.82) is 0 Å². The maximum Gasteiger partial charge on any atom is 0.221 e. The molecule has 2 unspecified atom stereocenters.